The van der Waals surface area contributed by atoms with E-state index in [2.05, 4.69) is 20.3 Å². The van der Waals surface area contributed by atoms with Crippen molar-refractivity contribution in [2.75, 3.05) is 43.6 Å². The van der Waals surface area contributed by atoms with E-state index in [0.717, 1.165) is 25.7 Å². The number of halogens is 2. The standard InChI is InChI=1S/C26H33F2N7O2/c1-17(25(36)33(2)18-8-4-3-5-9-18)29-26-31-21(34-12-14-37-15-13-34)16-22(32-26)35-20-11-7-6-10-19(20)30-24(35)23(27)28/h6-7,10-11,16-18,23H,3-5,8-9,12-15H2,1-2H3,(H,29,31,32)/t17-/m0/s1. The smallest absolute Gasteiger partial charge is 0.296 e. The first-order chi connectivity index (χ1) is 17.9. The number of nitrogens with zero attached hydrogens (tertiary/aromatic N) is 6. The number of carbonyl (C=O) groups is 1. The van der Waals surface area contributed by atoms with Crippen LogP contribution in [0, 0.1) is 0 Å². The van der Waals surface area contributed by atoms with Gasteiger partial charge >= 0.3 is 0 Å². The Morgan fingerprint density at radius 1 is 1.08 bits per heavy atom. The number of benzene rings is 1. The number of anilines is 2. The highest BCUT2D eigenvalue weighted by atomic mass is 19.3. The third-order valence-electron chi connectivity index (χ3n) is 7.23. The molecule has 11 heteroatoms. The van der Waals surface area contributed by atoms with Crippen LogP contribution in [-0.2, 0) is 9.53 Å². The van der Waals surface area contributed by atoms with E-state index in [9.17, 15) is 13.6 Å². The van der Waals surface area contributed by atoms with Crippen molar-refractivity contribution in [2.24, 2.45) is 0 Å². The molecular weight excluding hydrogens is 480 g/mol. The van der Waals surface area contributed by atoms with E-state index in [-0.39, 0.29) is 29.5 Å². The zero-order chi connectivity index (χ0) is 25.9. The average molecular weight is 514 g/mol. The van der Waals surface area contributed by atoms with E-state index in [1.165, 1.54) is 11.0 Å². The number of alkyl halides is 2. The Morgan fingerprint density at radius 3 is 2.51 bits per heavy atom. The fourth-order valence-corrected chi connectivity index (χ4v) is 5.20. The normalized spacial score (nSPS) is 17.8. The van der Waals surface area contributed by atoms with Gasteiger partial charge in [-0.1, -0.05) is 31.4 Å². The van der Waals surface area contributed by atoms with Gasteiger partial charge in [-0.15, -0.1) is 0 Å². The molecule has 1 N–H and O–H groups in total. The van der Waals surface area contributed by atoms with Crippen LogP contribution < -0.4 is 10.2 Å². The van der Waals surface area contributed by atoms with Gasteiger partial charge in [-0.25, -0.2) is 13.8 Å². The van der Waals surface area contributed by atoms with E-state index in [1.54, 1.807) is 37.3 Å². The third-order valence-corrected chi connectivity index (χ3v) is 7.23. The van der Waals surface area contributed by atoms with Crippen LogP contribution in [0.5, 0.6) is 0 Å². The number of hydrogen-bond acceptors (Lipinski definition) is 7. The van der Waals surface area contributed by atoms with Crippen molar-refractivity contribution in [1.29, 1.82) is 0 Å². The minimum atomic E-state index is -2.80. The zero-order valence-electron chi connectivity index (χ0n) is 21.2. The van der Waals surface area contributed by atoms with Crippen LogP contribution in [0.4, 0.5) is 20.5 Å². The van der Waals surface area contributed by atoms with E-state index in [0.29, 0.717) is 43.2 Å². The number of carbonyl (C=O) groups excluding carboxylic acids is 1. The average Bonchev–Trinajstić information content (AvgIpc) is 3.33. The molecular formula is C26H33F2N7O2. The molecule has 1 aromatic carbocycles. The number of rotatable bonds is 7. The molecule has 1 aliphatic heterocycles. The van der Waals surface area contributed by atoms with Crippen LogP contribution >= 0.6 is 0 Å². The van der Waals surface area contributed by atoms with Crippen molar-refractivity contribution < 1.29 is 18.3 Å². The lowest BCUT2D eigenvalue weighted by molar-refractivity contribution is -0.133. The number of fused-ring (bicyclic) bond motifs is 1. The SMILES string of the molecule is C[C@H](Nc1nc(N2CCOCC2)cc(-n2c(C(F)F)nc3ccccc32)n1)C(=O)N(C)C1CCCCC1. The lowest BCUT2D eigenvalue weighted by atomic mass is 9.94. The maximum absolute atomic E-state index is 14.1. The summed E-state index contributed by atoms with van der Waals surface area (Å²) in [6.07, 6.45) is 2.68. The van der Waals surface area contributed by atoms with Gasteiger partial charge in [-0.2, -0.15) is 9.97 Å². The Hall–Kier alpha value is -3.34. The number of amides is 1. The molecule has 2 aliphatic rings. The topological polar surface area (TPSA) is 88.4 Å². The number of likely N-dealkylation sites (N-methyl/N-ethyl adjacent to an activating group) is 1. The second-order valence-corrected chi connectivity index (χ2v) is 9.71. The molecule has 0 bridgehead atoms. The molecule has 1 atom stereocenters. The number of nitrogens with one attached hydrogen (secondary N) is 1. The Bertz CT molecular complexity index is 1240. The van der Waals surface area contributed by atoms with Crippen LogP contribution in [0.3, 0.4) is 0 Å². The third kappa shape index (κ3) is 5.36. The number of morpholine rings is 1. The molecule has 1 saturated carbocycles. The Kier molecular flexibility index (Phi) is 7.50. The van der Waals surface area contributed by atoms with Gasteiger partial charge in [0.1, 0.15) is 17.7 Å². The zero-order valence-corrected chi connectivity index (χ0v) is 21.2. The van der Waals surface area contributed by atoms with Gasteiger partial charge in [0.15, 0.2) is 5.82 Å². The van der Waals surface area contributed by atoms with Gasteiger partial charge in [0, 0.05) is 32.2 Å². The van der Waals surface area contributed by atoms with Crippen LogP contribution in [0.15, 0.2) is 30.3 Å². The fourth-order valence-electron chi connectivity index (χ4n) is 5.20. The molecule has 9 nitrogen and oxygen atoms in total. The van der Waals surface area contributed by atoms with E-state index >= 15 is 0 Å². The van der Waals surface area contributed by atoms with Crippen molar-refractivity contribution in [3.05, 3.63) is 36.2 Å². The highest BCUT2D eigenvalue weighted by Gasteiger charge is 2.27. The molecule has 37 heavy (non-hydrogen) atoms. The molecule has 1 saturated heterocycles. The molecule has 0 unspecified atom stereocenters. The second-order valence-electron chi connectivity index (χ2n) is 9.71. The molecule has 3 heterocycles. The number of para-hydroxylation sites is 2. The van der Waals surface area contributed by atoms with Crippen molar-refractivity contribution in [3.8, 4) is 5.82 Å². The molecule has 198 valence electrons. The highest BCUT2D eigenvalue weighted by molar-refractivity contribution is 5.84. The summed E-state index contributed by atoms with van der Waals surface area (Å²) in [6.45, 7) is 4.09. The van der Waals surface area contributed by atoms with Crippen LogP contribution in [0.1, 0.15) is 51.3 Å². The van der Waals surface area contributed by atoms with Crippen molar-refractivity contribution >= 4 is 28.7 Å². The summed E-state index contributed by atoms with van der Waals surface area (Å²) in [7, 11) is 1.85. The van der Waals surface area contributed by atoms with Gasteiger partial charge in [0.25, 0.3) is 6.43 Å². The molecule has 0 radical (unpaired) electrons. The Balaban J connectivity index is 1.51. The predicted octanol–water partition coefficient (Wildman–Crippen LogP) is 4.18. The lowest BCUT2D eigenvalue weighted by Crippen LogP contribution is -2.45. The fraction of sp³-hybridized carbons (Fsp3) is 0.538. The van der Waals surface area contributed by atoms with Gasteiger partial charge in [-0.05, 0) is 31.9 Å². The molecule has 1 amide bonds. The van der Waals surface area contributed by atoms with Crippen LogP contribution in [0.2, 0.25) is 0 Å². The highest BCUT2D eigenvalue weighted by Crippen LogP contribution is 2.29. The Labute approximate surface area is 214 Å². The molecule has 2 aromatic heterocycles. The maximum Gasteiger partial charge on any atom is 0.296 e. The molecule has 3 aromatic rings. The van der Waals surface area contributed by atoms with Crippen LogP contribution in [-0.4, -0.2) is 75.8 Å². The van der Waals surface area contributed by atoms with Crippen LogP contribution in [0.25, 0.3) is 16.9 Å². The van der Waals surface area contributed by atoms with E-state index in [1.807, 2.05) is 16.8 Å². The first kappa shape index (κ1) is 25.3. The van der Waals surface area contributed by atoms with Crippen molar-refractivity contribution in [3.63, 3.8) is 0 Å². The Morgan fingerprint density at radius 2 is 1.78 bits per heavy atom. The molecule has 0 spiro atoms. The summed E-state index contributed by atoms with van der Waals surface area (Å²) < 4.78 is 35.0. The number of ether oxygens (including phenoxy) is 1. The number of imidazole rings is 1. The van der Waals surface area contributed by atoms with Gasteiger partial charge in [0.2, 0.25) is 11.9 Å². The first-order valence-electron chi connectivity index (χ1n) is 12.9. The van der Waals surface area contributed by atoms with Crippen molar-refractivity contribution in [2.45, 2.75) is 57.5 Å². The van der Waals surface area contributed by atoms with Gasteiger partial charge in [0.05, 0.1) is 24.2 Å². The second kappa shape index (κ2) is 11.0. The first-order valence-corrected chi connectivity index (χ1v) is 12.9. The summed E-state index contributed by atoms with van der Waals surface area (Å²) >= 11 is 0. The summed E-state index contributed by atoms with van der Waals surface area (Å²) in [6, 6.07) is 8.31. The van der Waals surface area contributed by atoms with E-state index < -0.39 is 12.5 Å². The minimum absolute atomic E-state index is 0.0461. The summed E-state index contributed by atoms with van der Waals surface area (Å²) in [5.74, 6) is 0.613. The van der Waals surface area contributed by atoms with Crippen molar-refractivity contribution in [1.82, 2.24) is 24.4 Å². The summed E-state index contributed by atoms with van der Waals surface area (Å²) in [5.41, 5.74) is 0.980. The largest absolute Gasteiger partial charge is 0.378 e. The molecule has 1 aliphatic carbocycles. The minimum Gasteiger partial charge on any atom is -0.378 e. The molecule has 5 rings (SSSR count). The van der Waals surface area contributed by atoms with Gasteiger partial charge < -0.3 is 19.9 Å². The number of hydrogen-bond donors (Lipinski definition) is 1. The van der Waals surface area contributed by atoms with E-state index in [4.69, 9.17) is 4.74 Å². The molecule has 2 fully saturated rings. The van der Waals surface area contributed by atoms with Gasteiger partial charge in [-0.3, -0.25) is 9.36 Å². The lowest BCUT2D eigenvalue weighted by Gasteiger charge is -2.33. The summed E-state index contributed by atoms with van der Waals surface area (Å²) in [5, 5.41) is 3.15. The number of aromatic nitrogens is 4. The summed E-state index contributed by atoms with van der Waals surface area (Å²) in [4.78, 5) is 30.5. The predicted molar refractivity (Wildman–Crippen MR) is 137 cm³/mol. The monoisotopic (exact) mass is 513 g/mol. The maximum atomic E-state index is 14.1. The quantitative estimate of drug-likeness (QED) is 0.507.